The van der Waals surface area contributed by atoms with Crippen LogP contribution >= 0.6 is 0 Å². The van der Waals surface area contributed by atoms with Gasteiger partial charge in [0.1, 0.15) is 5.75 Å². The fourth-order valence-corrected chi connectivity index (χ4v) is 1.71. The van der Waals surface area contributed by atoms with Gasteiger partial charge in [0.15, 0.2) is 0 Å². The lowest BCUT2D eigenvalue weighted by Crippen LogP contribution is -2.16. The molecule has 0 radical (unpaired) electrons. The van der Waals surface area contributed by atoms with Gasteiger partial charge in [0, 0.05) is 6.54 Å². The molecule has 0 unspecified atom stereocenters. The highest BCUT2D eigenvalue weighted by Crippen LogP contribution is 2.31. The van der Waals surface area contributed by atoms with Crippen molar-refractivity contribution < 1.29 is 4.74 Å². The molecule has 0 aromatic heterocycles. The Morgan fingerprint density at radius 3 is 2.59 bits per heavy atom. The topological polar surface area (TPSA) is 45.0 Å². The molecule has 17 heavy (non-hydrogen) atoms. The molecule has 1 aromatic rings. The largest absolute Gasteiger partial charge is 0.496 e. The van der Waals surface area contributed by atoms with Gasteiger partial charge in [-0.15, -0.1) is 0 Å². The minimum Gasteiger partial charge on any atom is -0.496 e. The Labute approximate surface area is 103 Å². The van der Waals surface area contributed by atoms with Gasteiger partial charge in [-0.1, -0.05) is 32.9 Å². The summed E-state index contributed by atoms with van der Waals surface area (Å²) in [6.45, 7) is 7.57. The maximum atomic E-state index is 8.48. The van der Waals surface area contributed by atoms with Crippen molar-refractivity contribution in [1.82, 2.24) is 5.32 Å². The van der Waals surface area contributed by atoms with Crippen LogP contribution in [-0.4, -0.2) is 13.7 Å². The maximum absolute atomic E-state index is 8.48. The molecule has 1 N–H and O–H groups in total. The van der Waals surface area contributed by atoms with Crippen molar-refractivity contribution in [3.8, 4) is 11.8 Å². The third-order valence-electron chi connectivity index (χ3n) is 2.61. The van der Waals surface area contributed by atoms with Crippen LogP contribution in [0, 0.1) is 11.3 Å². The van der Waals surface area contributed by atoms with Crippen LogP contribution in [-0.2, 0) is 12.0 Å². The van der Waals surface area contributed by atoms with E-state index in [-0.39, 0.29) is 5.41 Å². The average Bonchev–Trinajstić information content (AvgIpc) is 2.28. The summed E-state index contributed by atoms with van der Waals surface area (Å²) in [5.41, 5.74) is 2.42. The molecule has 0 saturated heterocycles. The van der Waals surface area contributed by atoms with Gasteiger partial charge in [-0.2, -0.15) is 5.26 Å². The Balaban J connectivity index is 2.94. The summed E-state index contributed by atoms with van der Waals surface area (Å²) in [6.07, 6.45) is 0. The molecular weight excluding hydrogens is 212 g/mol. The second-order valence-electron chi connectivity index (χ2n) is 5.05. The molecule has 0 heterocycles. The summed E-state index contributed by atoms with van der Waals surface area (Å²) >= 11 is 0. The van der Waals surface area contributed by atoms with E-state index < -0.39 is 0 Å². The number of ether oxygens (including phenoxy) is 1. The summed E-state index contributed by atoms with van der Waals surface area (Å²) < 4.78 is 5.38. The lowest BCUT2D eigenvalue weighted by atomic mass is 9.85. The van der Waals surface area contributed by atoms with Crippen molar-refractivity contribution in [2.24, 2.45) is 0 Å². The van der Waals surface area contributed by atoms with Crippen LogP contribution in [0.4, 0.5) is 0 Å². The van der Waals surface area contributed by atoms with E-state index in [4.69, 9.17) is 10.00 Å². The summed E-state index contributed by atoms with van der Waals surface area (Å²) in [6, 6.07) is 8.23. The highest BCUT2D eigenvalue weighted by molar-refractivity contribution is 5.41. The Bertz CT molecular complexity index is 413. The number of nitrogens with one attached hydrogen (secondary N) is 1. The molecular formula is C14H20N2O. The van der Waals surface area contributed by atoms with E-state index in [1.165, 1.54) is 11.1 Å². The second-order valence-corrected chi connectivity index (χ2v) is 5.05. The average molecular weight is 232 g/mol. The van der Waals surface area contributed by atoms with Gasteiger partial charge in [-0.3, -0.25) is 0 Å². The van der Waals surface area contributed by atoms with Gasteiger partial charge in [-0.05, 0) is 22.6 Å². The minimum absolute atomic E-state index is 0.0522. The monoisotopic (exact) mass is 232 g/mol. The summed E-state index contributed by atoms with van der Waals surface area (Å²) in [4.78, 5) is 0. The lowest BCUT2D eigenvalue weighted by Gasteiger charge is -2.23. The van der Waals surface area contributed by atoms with Crippen LogP contribution in [0.5, 0.6) is 5.75 Å². The molecule has 1 rings (SSSR count). The molecule has 0 atom stereocenters. The standard InChI is InChI=1S/C14H20N2O/c1-14(2,3)12-9-11(10-16-8-7-15)5-6-13(12)17-4/h5-6,9,16H,8,10H2,1-4H3. The molecule has 0 aliphatic heterocycles. The minimum atomic E-state index is 0.0522. The van der Waals surface area contributed by atoms with Crippen molar-refractivity contribution in [3.05, 3.63) is 29.3 Å². The molecule has 0 fully saturated rings. The van der Waals surface area contributed by atoms with Crippen molar-refractivity contribution >= 4 is 0 Å². The predicted molar refractivity (Wildman–Crippen MR) is 69.0 cm³/mol. The first-order valence-electron chi connectivity index (χ1n) is 5.74. The van der Waals surface area contributed by atoms with Gasteiger partial charge < -0.3 is 10.1 Å². The number of nitrogens with zero attached hydrogens (tertiary/aromatic N) is 1. The van der Waals surface area contributed by atoms with E-state index in [0.717, 1.165) is 5.75 Å². The van der Waals surface area contributed by atoms with E-state index >= 15 is 0 Å². The highest BCUT2D eigenvalue weighted by atomic mass is 16.5. The van der Waals surface area contributed by atoms with Gasteiger partial charge in [0.25, 0.3) is 0 Å². The van der Waals surface area contributed by atoms with Crippen LogP contribution in [0.25, 0.3) is 0 Å². The number of rotatable bonds is 4. The number of hydrogen-bond acceptors (Lipinski definition) is 3. The third kappa shape index (κ3) is 3.76. The first kappa shape index (κ1) is 13.5. The SMILES string of the molecule is COc1ccc(CNCC#N)cc1C(C)(C)C. The molecule has 3 heteroatoms. The van der Waals surface area contributed by atoms with Crippen molar-refractivity contribution in [3.63, 3.8) is 0 Å². The first-order valence-corrected chi connectivity index (χ1v) is 5.74. The van der Waals surface area contributed by atoms with E-state index in [0.29, 0.717) is 13.1 Å². The van der Waals surface area contributed by atoms with E-state index in [9.17, 15) is 0 Å². The zero-order chi connectivity index (χ0) is 12.9. The van der Waals surface area contributed by atoms with E-state index in [1.807, 2.05) is 12.1 Å². The number of hydrogen-bond donors (Lipinski definition) is 1. The van der Waals surface area contributed by atoms with Crippen LogP contribution in [0.2, 0.25) is 0 Å². The Morgan fingerprint density at radius 2 is 2.06 bits per heavy atom. The lowest BCUT2D eigenvalue weighted by molar-refractivity contribution is 0.397. The van der Waals surface area contributed by atoms with E-state index in [1.54, 1.807) is 7.11 Å². The zero-order valence-electron chi connectivity index (χ0n) is 11.0. The van der Waals surface area contributed by atoms with Gasteiger partial charge >= 0.3 is 0 Å². The molecule has 0 aliphatic rings. The predicted octanol–water partition coefficient (Wildman–Crippen LogP) is 2.61. The van der Waals surface area contributed by atoms with Crippen LogP contribution in [0.3, 0.4) is 0 Å². The summed E-state index contributed by atoms with van der Waals surface area (Å²) in [7, 11) is 1.69. The Hall–Kier alpha value is -1.53. The fraction of sp³-hybridized carbons (Fsp3) is 0.500. The molecule has 3 nitrogen and oxygen atoms in total. The molecule has 0 bridgehead atoms. The van der Waals surface area contributed by atoms with Crippen LogP contribution in [0.15, 0.2) is 18.2 Å². The van der Waals surface area contributed by atoms with Crippen LogP contribution in [0.1, 0.15) is 31.9 Å². The van der Waals surface area contributed by atoms with Crippen LogP contribution < -0.4 is 10.1 Å². The number of nitriles is 1. The molecule has 1 aromatic carbocycles. The Kier molecular flexibility index (Phi) is 4.53. The summed E-state index contributed by atoms with van der Waals surface area (Å²) in [5, 5.41) is 11.5. The second kappa shape index (κ2) is 5.70. The molecule has 0 saturated carbocycles. The smallest absolute Gasteiger partial charge is 0.122 e. The van der Waals surface area contributed by atoms with Gasteiger partial charge in [0.05, 0.1) is 19.7 Å². The Morgan fingerprint density at radius 1 is 1.35 bits per heavy atom. The maximum Gasteiger partial charge on any atom is 0.122 e. The number of benzene rings is 1. The summed E-state index contributed by atoms with van der Waals surface area (Å²) in [5.74, 6) is 0.918. The molecule has 0 amide bonds. The molecule has 92 valence electrons. The van der Waals surface area contributed by atoms with Crippen molar-refractivity contribution in [1.29, 1.82) is 5.26 Å². The van der Waals surface area contributed by atoms with Gasteiger partial charge in [0.2, 0.25) is 0 Å². The molecule has 0 spiro atoms. The van der Waals surface area contributed by atoms with Crippen molar-refractivity contribution in [2.45, 2.75) is 32.7 Å². The van der Waals surface area contributed by atoms with Gasteiger partial charge in [-0.25, -0.2) is 0 Å². The molecule has 0 aliphatic carbocycles. The quantitative estimate of drug-likeness (QED) is 0.641. The number of methoxy groups -OCH3 is 1. The van der Waals surface area contributed by atoms with E-state index in [2.05, 4.69) is 38.2 Å². The normalized spacial score (nSPS) is 11.0. The highest BCUT2D eigenvalue weighted by Gasteiger charge is 2.18. The zero-order valence-corrected chi connectivity index (χ0v) is 11.0. The third-order valence-corrected chi connectivity index (χ3v) is 2.61. The fourth-order valence-electron chi connectivity index (χ4n) is 1.71. The van der Waals surface area contributed by atoms with Crippen molar-refractivity contribution in [2.75, 3.05) is 13.7 Å². The first-order chi connectivity index (χ1) is 7.99.